The second-order valence-corrected chi connectivity index (χ2v) is 22.1. The first-order chi connectivity index (χ1) is 35.0. The van der Waals surface area contributed by atoms with Gasteiger partial charge in [0.25, 0.3) is 0 Å². The first kappa shape index (κ1) is 69.2. The van der Waals surface area contributed by atoms with Crippen molar-refractivity contribution in [1.29, 1.82) is 0 Å². The standard InChI is InChI=1S/C63H111N2O6P/c1-6-8-10-12-14-16-18-20-21-22-23-24-25-26-27-28-29-30-31-32-33-34-35-36-37-38-39-40-41-42-43-45-47-49-51-53-55-57-63(67)64-61(60-71-72(68,69)70-59-58-65(3,4)5)62(66)56-54-52-50-48-46-44-19-17-15-13-11-9-7-2/h8,10,14,16,20-21,23-24,26-27,29-30,32-33,46,48,54,56,61-62,66H,6-7,9,11-13,15,17-19,22,25,28,31,34-45,47,49-53,55,57-60H2,1-5H3,(H-,64,67,68,69)/p+1/b10-8-,16-14-,21-20-,24-23-,27-26-,30-29-,33-32-,48-46+,56-54+. The lowest BCUT2D eigenvalue weighted by atomic mass is 10.0. The maximum absolute atomic E-state index is 13.0. The SMILES string of the molecule is CC/C=C\C/C=C\C/C=C\C/C=C\C/C=C\C/C=C\C/C=C\CCCCCCCCCCCCCCCCCC(=O)NC(COP(=O)(O)OCC[N+](C)(C)C)C(O)/C=C/CC/C=C/CCCCCCCCC. The highest BCUT2D eigenvalue weighted by Crippen LogP contribution is 2.43. The van der Waals surface area contributed by atoms with E-state index < -0.39 is 20.0 Å². The summed E-state index contributed by atoms with van der Waals surface area (Å²) in [7, 11) is 1.55. The minimum Gasteiger partial charge on any atom is -0.387 e. The number of hydrogen-bond acceptors (Lipinski definition) is 5. The first-order valence-electron chi connectivity index (χ1n) is 29.3. The van der Waals surface area contributed by atoms with Gasteiger partial charge in [0.05, 0.1) is 39.9 Å². The number of nitrogens with one attached hydrogen (secondary N) is 1. The maximum atomic E-state index is 13.0. The fourth-order valence-corrected chi connectivity index (χ4v) is 8.66. The summed E-state index contributed by atoms with van der Waals surface area (Å²) in [6.07, 6.45) is 77.8. The Balaban J connectivity index is 4.05. The maximum Gasteiger partial charge on any atom is 0.472 e. The van der Waals surface area contributed by atoms with Gasteiger partial charge in [-0.1, -0.05) is 245 Å². The molecule has 3 N–H and O–H groups in total. The van der Waals surface area contributed by atoms with Crippen molar-refractivity contribution in [2.45, 2.75) is 244 Å². The topological polar surface area (TPSA) is 105 Å². The van der Waals surface area contributed by atoms with Crippen LogP contribution in [0.2, 0.25) is 0 Å². The van der Waals surface area contributed by atoms with E-state index in [4.69, 9.17) is 9.05 Å². The molecule has 72 heavy (non-hydrogen) atoms. The highest BCUT2D eigenvalue weighted by Gasteiger charge is 2.27. The molecule has 0 radical (unpaired) electrons. The number of rotatable bonds is 52. The van der Waals surface area contributed by atoms with Gasteiger partial charge in [-0.2, -0.15) is 0 Å². The van der Waals surface area contributed by atoms with Crippen molar-refractivity contribution in [2.75, 3.05) is 40.9 Å². The van der Waals surface area contributed by atoms with Gasteiger partial charge in [-0.3, -0.25) is 13.8 Å². The van der Waals surface area contributed by atoms with E-state index in [-0.39, 0.29) is 19.1 Å². The van der Waals surface area contributed by atoms with Crippen LogP contribution in [0.4, 0.5) is 0 Å². The van der Waals surface area contributed by atoms with Gasteiger partial charge in [-0.25, -0.2) is 4.57 Å². The summed E-state index contributed by atoms with van der Waals surface area (Å²) in [5.41, 5.74) is 0. The zero-order chi connectivity index (χ0) is 52.7. The molecule has 0 saturated carbocycles. The Hall–Kier alpha value is -2.84. The number of carbonyl (C=O) groups is 1. The van der Waals surface area contributed by atoms with Crippen molar-refractivity contribution in [3.8, 4) is 0 Å². The number of amides is 1. The lowest BCUT2D eigenvalue weighted by molar-refractivity contribution is -0.870. The number of allylic oxidation sites excluding steroid dienone is 17. The van der Waals surface area contributed by atoms with Gasteiger partial charge in [-0.05, 0) is 89.9 Å². The van der Waals surface area contributed by atoms with Crippen LogP contribution in [0.25, 0.3) is 0 Å². The second kappa shape index (κ2) is 53.0. The van der Waals surface area contributed by atoms with Crippen molar-refractivity contribution in [1.82, 2.24) is 5.32 Å². The lowest BCUT2D eigenvalue weighted by Gasteiger charge is -2.25. The molecule has 3 unspecified atom stereocenters. The minimum atomic E-state index is -4.36. The fraction of sp³-hybridized carbons (Fsp3) is 0.698. The Bertz CT molecular complexity index is 1540. The first-order valence-corrected chi connectivity index (χ1v) is 30.8. The average molecular weight is 1020 g/mol. The summed E-state index contributed by atoms with van der Waals surface area (Å²) in [6, 6.07) is -0.868. The van der Waals surface area contributed by atoms with E-state index in [0.29, 0.717) is 17.4 Å². The Morgan fingerprint density at radius 3 is 1.28 bits per heavy atom. The number of likely N-dealkylation sites (N-methyl/N-ethyl adjacent to an activating group) is 1. The van der Waals surface area contributed by atoms with Crippen molar-refractivity contribution >= 4 is 13.7 Å². The zero-order valence-electron chi connectivity index (χ0n) is 47.1. The summed E-state index contributed by atoms with van der Waals surface area (Å²) >= 11 is 0. The molecule has 0 aromatic carbocycles. The third kappa shape index (κ3) is 54.9. The molecule has 0 aliphatic heterocycles. The van der Waals surface area contributed by atoms with Crippen LogP contribution >= 0.6 is 7.82 Å². The Morgan fingerprint density at radius 1 is 0.486 bits per heavy atom. The van der Waals surface area contributed by atoms with E-state index in [2.05, 4.69) is 116 Å². The van der Waals surface area contributed by atoms with Gasteiger partial charge in [0, 0.05) is 6.42 Å². The second-order valence-electron chi connectivity index (χ2n) is 20.6. The zero-order valence-corrected chi connectivity index (χ0v) is 48.0. The van der Waals surface area contributed by atoms with Gasteiger partial charge >= 0.3 is 7.82 Å². The van der Waals surface area contributed by atoms with E-state index in [1.54, 1.807) is 6.08 Å². The molecule has 0 saturated heterocycles. The molecule has 0 aromatic rings. The van der Waals surface area contributed by atoms with Crippen molar-refractivity contribution < 1.29 is 32.9 Å². The van der Waals surface area contributed by atoms with Crippen LogP contribution in [0.5, 0.6) is 0 Å². The highest BCUT2D eigenvalue weighted by molar-refractivity contribution is 7.47. The van der Waals surface area contributed by atoms with E-state index in [1.807, 2.05) is 27.2 Å². The lowest BCUT2D eigenvalue weighted by Crippen LogP contribution is -2.45. The molecule has 0 fully saturated rings. The van der Waals surface area contributed by atoms with Crippen LogP contribution < -0.4 is 5.32 Å². The van der Waals surface area contributed by atoms with Gasteiger partial charge in [-0.15, -0.1) is 0 Å². The predicted molar refractivity (Wildman–Crippen MR) is 313 cm³/mol. The molecule has 0 aliphatic rings. The number of aliphatic hydroxyl groups is 1. The molecule has 0 rings (SSSR count). The molecule has 0 aliphatic carbocycles. The van der Waals surface area contributed by atoms with E-state index in [1.165, 1.54) is 128 Å². The van der Waals surface area contributed by atoms with E-state index in [0.717, 1.165) is 83.5 Å². The average Bonchev–Trinajstić information content (AvgIpc) is 3.34. The Kier molecular flexibility index (Phi) is 50.9. The summed E-state index contributed by atoms with van der Waals surface area (Å²) in [4.78, 5) is 23.2. The monoisotopic (exact) mass is 1020 g/mol. The molecule has 0 spiro atoms. The van der Waals surface area contributed by atoms with Gasteiger partial charge < -0.3 is 19.8 Å². The van der Waals surface area contributed by atoms with Crippen molar-refractivity contribution in [3.05, 3.63) is 109 Å². The summed E-state index contributed by atoms with van der Waals surface area (Å²) in [5, 5.41) is 13.9. The third-order valence-electron chi connectivity index (χ3n) is 12.5. The molecule has 0 heterocycles. The van der Waals surface area contributed by atoms with Crippen molar-refractivity contribution in [2.24, 2.45) is 0 Å². The summed E-state index contributed by atoms with van der Waals surface area (Å²) in [5.74, 6) is -0.191. The quantitative estimate of drug-likeness (QED) is 0.0243. The smallest absolute Gasteiger partial charge is 0.387 e. The number of aliphatic hydroxyl groups excluding tert-OH is 1. The molecule has 8 nitrogen and oxygen atoms in total. The molecule has 1 amide bonds. The van der Waals surface area contributed by atoms with Crippen LogP contribution in [0.3, 0.4) is 0 Å². The number of unbranched alkanes of at least 4 members (excludes halogenated alkanes) is 23. The van der Waals surface area contributed by atoms with Gasteiger partial charge in [0.1, 0.15) is 13.2 Å². The predicted octanol–water partition coefficient (Wildman–Crippen LogP) is 18.0. The molecule has 0 bridgehead atoms. The number of quaternary nitrogens is 1. The Morgan fingerprint density at radius 2 is 0.847 bits per heavy atom. The summed E-state index contributed by atoms with van der Waals surface area (Å²) in [6.45, 7) is 4.66. The van der Waals surface area contributed by atoms with Crippen LogP contribution in [0.15, 0.2) is 109 Å². The highest BCUT2D eigenvalue weighted by atomic mass is 31.2. The minimum absolute atomic E-state index is 0.0525. The number of nitrogens with zero attached hydrogens (tertiary/aromatic N) is 1. The van der Waals surface area contributed by atoms with Crippen LogP contribution in [-0.2, 0) is 18.4 Å². The number of carbonyl (C=O) groups excluding carboxylic acids is 1. The van der Waals surface area contributed by atoms with Crippen LogP contribution in [-0.4, -0.2) is 73.4 Å². The van der Waals surface area contributed by atoms with E-state index >= 15 is 0 Å². The molecule has 9 heteroatoms. The van der Waals surface area contributed by atoms with Crippen LogP contribution in [0.1, 0.15) is 232 Å². The largest absolute Gasteiger partial charge is 0.472 e. The van der Waals surface area contributed by atoms with Crippen LogP contribution in [0, 0.1) is 0 Å². The molecule has 0 aromatic heterocycles. The third-order valence-corrected chi connectivity index (χ3v) is 13.5. The van der Waals surface area contributed by atoms with Gasteiger partial charge in [0.15, 0.2) is 0 Å². The fourth-order valence-electron chi connectivity index (χ4n) is 7.92. The Labute approximate surface area is 444 Å². The number of phosphoric ester groups is 1. The molecule has 3 atom stereocenters. The molecular formula is C63H112N2O6P+. The number of phosphoric acid groups is 1. The molecule has 414 valence electrons. The van der Waals surface area contributed by atoms with E-state index in [9.17, 15) is 19.4 Å². The summed E-state index contributed by atoms with van der Waals surface area (Å²) < 4.78 is 23.6. The molecular weight excluding hydrogens is 912 g/mol. The van der Waals surface area contributed by atoms with Crippen molar-refractivity contribution in [3.63, 3.8) is 0 Å². The number of hydrogen-bond donors (Lipinski definition) is 3. The normalized spacial score (nSPS) is 14.7. The van der Waals surface area contributed by atoms with Gasteiger partial charge in [0.2, 0.25) is 5.91 Å².